The van der Waals surface area contributed by atoms with Crippen molar-refractivity contribution in [3.63, 3.8) is 0 Å². The molecule has 0 unspecified atom stereocenters. The number of para-hydroxylation sites is 1. The van der Waals surface area contributed by atoms with E-state index in [1.54, 1.807) is 11.9 Å². The minimum absolute atomic E-state index is 0.0845. The lowest BCUT2D eigenvalue weighted by molar-refractivity contribution is -0.118. The molecule has 1 aromatic carbocycles. The van der Waals surface area contributed by atoms with Crippen LogP contribution in [0.5, 0.6) is 0 Å². The lowest BCUT2D eigenvalue weighted by Crippen LogP contribution is -2.41. The molecule has 1 N–H and O–H groups in total. The number of nitrogens with zero attached hydrogens (tertiary/aromatic N) is 2. The van der Waals surface area contributed by atoms with E-state index in [4.69, 9.17) is 5.26 Å². The highest BCUT2D eigenvalue weighted by Crippen LogP contribution is 2.13. The molecule has 0 bridgehead atoms. The van der Waals surface area contributed by atoms with Crippen LogP contribution in [-0.2, 0) is 4.79 Å². The van der Waals surface area contributed by atoms with Gasteiger partial charge >= 0.3 is 0 Å². The molecule has 0 radical (unpaired) electrons. The summed E-state index contributed by atoms with van der Waals surface area (Å²) in [6.07, 6.45) is 1.54. The summed E-state index contributed by atoms with van der Waals surface area (Å²) in [5.74, 6) is -0.363. The van der Waals surface area contributed by atoms with Crippen LogP contribution in [-0.4, -0.2) is 18.5 Å². The van der Waals surface area contributed by atoms with E-state index in [9.17, 15) is 4.79 Å². The minimum Gasteiger partial charge on any atom is -0.350 e. The average Bonchev–Trinajstić information content (AvgIpc) is 2.34. The van der Waals surface area contributed by atoms with E-state index in [0.29, 0.717) is 0 Å². The number of hydrogen-bond acceptors (Lipinski definition) is 3. The van der Waals surface area contributed by atoms with Crippen LogP contribution >= 0.6 is 0 Å². The number of nitrogens with one attached hydrogen (secondary N) is 1. The van der Waals surface area contributed by atoms with E-state index in [1.165, 1.54) is 6.20 Å². The van der Waals surface area contributed by atoms with Crippen LogP contribution in [0.1, 0.15) is 20.8 Å². The molecule has 1 rings (SSSR count). The molecule has 4 heteroatoms. The molecule has 4 nitrogen and oxygen atoms in total. The molecule has 0 aliphatic heterocycles. The molecular weight excluding hydrogens is 238 g/mol. The lowest BCUT2D eigenvalue weighted by Gasteiger charge is -2.21. The molecule has 1 amide bonds. The summed E-state index contributed by atoms with van der Waals surface area (Å²) in [6.45, 7) is 5.63. The minimum atomic E-state index is -0.363. The number of benzene rings is 1. The number of amides is 1. The Kier molecular flexibility index (Phi) is 4.71. The number of hydrogen-bond donors (Lipinski definition) is 1. The first-order valence-electron chi connectivity index (χ1n) is 6.06. The molecule has 0 fully saturated rings. The number of carbonyl (C=O) groups is 1. The Bertz CT molecular complexity index is 506. The van der Waals surface area contributed by atoms with E-state index < -0.39 is 0 Å². The first-order valence-corrected chi connectivity index (χ1v) is 6.06. The van der Waals surface area contributed by atoms with Crippen LogP contribution < -0.4 is 10.2 Å². The molecule has 0 aliphatic rings. The fourth-order valence-electron chi connectivity index (χ4n) is 1.48. The molecule has 19 heavy (non-hydrogen) atoms. The van der Waals surface area contributed by atoms with Crippen LogP contribution in [0.15, 0.2) is 42.1 Å². The van der Waals surface area contributed by atoms with Crippen LogP contribution in [0.25, 0.3) is 0 Å². The Morgan fingerprint density at radius 2 is 1.89 bits per heavy atom. The quantitative estimate of drug-likeness (QED) is 0.668. The normalized spacial score (nSPS) is 11.6. The highest BCUT2D eigenvalue weighted by Gasteiger charge is 2.17. The summed E-state index contributed by atoms with van der Waals surface area (Å²) in [6, 6.07) is 11.5. The maximum absolute atomic E-state index is 11.9. The standard InChI is InChI=1S/C15H19N3O/c1-15(2,3)17-14(19)12(10-16)11-18(4)13-8-6-5-7-9-13/h5-9,11H,1-4H3,(H,17,19)/b12-11-. The Labute approximate surface area is 114 Å². The summed E-state index contributed by atoms with van der Waals surface area (Å²) in [7, 11) is 1.80. The van der Waals surface area contributed by atoms with Gasteiger partial charge in [-0.2, -0.15) is 5.26 Å². The van der Waals surface area contributed by atoms with Crippen LogP contribution in [0.3, 0.4) is 0 Å². The Balaban J connectivity index is 2.89. The van der Waals surface area contributed by atoms with Gasteiger partial charge in [0, 0.05) is 24.5 Å². The Hall–Kier alpha value is -2.28. The molecule has 0 aliphatic carbocycles. The van der Waals surface area contributed by atoms with Gasteiger partial charge in [0.2, 0.25) is 0 Å². The molecule has 0 heterocycles. The van der Waals surface area contributed by atoms with E-state index in [2.05, 4.69) is 5.32 Å². The zero-order valence-corrected chi connectivity index (χ0v) is 11.8. The van der Waals surface area contributed by atoms with E-state index in [1.807, 2.05) is 57.2 Å². The van der Waals surface area contributed by atoms with Crippen molar-refractivity contribution < 1.29 is 4.79 Å². The third-order valence-electron chi connectivity index (χ3n) is 2.34. The maximum Gasteiger partial charge on any atom is 0.263 e. The summed E-state index contributed by atoms with van der Waals surface area (Å²) < 4.78 is 0. The second-order valence-corrected chi connectivity index (χ2v) is 5.31. The molecule has 0 saturated carbocycles. The van der Waals surface area contributed by atoms with Crippen LogP contribution in [0.4, 0.5) is 5.69 Å². The van der Waals surface area contributed by atoms with Crippen molar-refractivity contribution in [2.75, 3.05) is 11.9 Å². The first-order chi connectivity index (χ1) is 8.83. The monoisotopic (exact) mass is 257 g/mol. The fourth-order valence-corrected chi connectivity index (χ4v) is 1.48. The summed E-state index contributed by atoms with van der Waals surface area (Å²) in [4.78, 5) is 13.7. The predicted molar refractivity (Wildman–Crippen MR) is 76.4 cm³/mol. The zero-order valence-electron chi connectivity index (χ0n) is 11.8. The van der Waals surface area contributed by atoms with Gasteiger partial charge in [0.1, 0.15) is 11.6 Å². The number of rotatable bonds is 3. The fraction of sp³-hybridized carbons (Fsp3) is 0.333. The maximum atomic E-state index is 11.9. The first kappa shape index (κ1) is 14.8. The highest BCUT2D eigenvalue weighted by molar-refractivity contribution is 5.98. The molecule has 100 valence electrons. The van der Waals surface area contributed by atoms with Gasteiger partial charge in [0.25, 0.3) is 5.91 Å². The second kappa shape index (κ2) is 6.05. The van der Waals surface area contributed by atoms with Crippen molar-refractivity contribution in [1.82, 2.24) is 5.32 Å². The van der Waals surface area contributed by atoms with Crippen molar-refractivity contribution in [3.8, 4) is 6.07 Å². The molecule has 1 aromatic rings. The Morgan fingerprint density at radius 3 is 2.37 bits per heavy atom. The lowest BCUT2D eigenvalue weighted by atomic mass is 10.1. The molecule has 0 atom stereocenters. The van der Waals surface area contributed by atoms with Crippen molar-refractivity contribution in [2.45, 2.75) is 26.3 Å². The van der Waals surface area contributed by atoms with Gasteiger partial charge in [-0.1, -0.05) is 18.2 Å². The van der Waals surface area contributed by atoms with Crippen molar-refractivity contribution in [2.24, 2.45) is 0 Å². The van der Waals surface area contributed by atoms with Crippen molar-refractivity contribution in [3.05, 3.63) is 42.1 Å². The van der Waals surface area contributed by atoms with Gasteiger partial charge in [0.15, 0.2) is 0 Å². The summed E-state index contributed by atoms with van der Waals surface area (Å²) >= 11 is 0. The van der Waals surface area contributed by atoms with Crippen LogP contribution in [0, 0.1) is 11.3 Å². The molecule has 0 aromatic heterocycles. The second-order valence-electron chi connectivity index (χ2n) is 5.31. The van der Waals surface area contributed by atoms with Gasteiger partial charge in [-0.3, -0.25) is 4.79 Å². The molecule has 0 spiro atoms. The number of carbonyl (C=O) groups excluding carboxylic acids is 1. The highest BCUT2D eigenvalue weighted by atomic mass is 16.1. The van der Waals surface area contributed by atoms with E-state index in [-0.39, 0.29) is 17.0 Å². The van der Waals surface area contributed by atoms with Crippen molar-refractivity contribution >= 4 is 11.6 Å². The van der Waals surface area contributed by atoms with Gasteiger partial charge in [-0.25, -0.2) is 0 Å². The van der Waals surface area contributed by atoms with Gasteiger partial charge in [-0.05, 0) is 32.9 Å². The van der Waals surface area contributed by atoms with Crippen molar-refractivity contribution in [1.29, 1.82) is 5.26 Å². The third-order valence-corrected chi connectivity index (χ3v) is 2.34. The van der Waals surface area contributed by atoms with Crippen LogP contribution in [0.2, 0.25) is 0 Å². The van der Waals surface area contributed by atoms with Gasteiger partial charge < -0.3 is 10.2 Å². The Morgan fingerprint density at radius 1 is 1.32 bits per heavy atom. The van der Waals surface area contributed by atoms with Gasteiger partial charge in [-0.15, -0.1) is 0 Å². The zero-order chi connectivity index (χ0) is 14.5. The summed E-state index contributed by atoms with van der Waals surface area (Å²) in [5, 5.41) is 11.9. The van der Waals surface area contributed by atoms with E-state index in [0.717, 1.165) is 5.69 Å². The number of nitriles is 1. The average molecular weight is 257 g/mol. The predicted octanol–water partition coefficient (Wildman–Crippen LogP) is 2.44. The van der Waals surface area contributed by atoms with Gasteiger partial charge in [0.05, 0.1) is 0 Å². The SMILES string of the molecule is CN(/C=C(/C#N)C(=O)NC(C)(C)C)c1ccccc1. The topological polar surface area (TPSA) is 56.1 Å². The summed E-state index contributed by atoms with van der Waals surface area (Å²) in [5.41, 5.74) is 0.637. The third kappa shape index (κ3) is 4.84. The number of anilines is 1. The molecule has 0 saturated heterocycles. The van der Waals surface area contributed by atoms with E-state index >= 15 is 0 Å². The largest absolute Gasteiger partial charge is 0.350 e. The molecular formula is C15H19N3O. The smallest absolute Gasteiger partial charge is 0.263 e.